The van der Waals surface area contributed by atoms with E-state index < -0.39 is 0 Å². The maximum atomic E-state index is 12.9. The molecule has 1 saturated heterocycles. The maximum absolute atomic E-state index is 12.9. The summed E-state index contributed by atoms with van der Waals surface area (Å²) in [5, 5.41) is 6.00. The molecular formula is C23H19BrN4OS2. The maximum Gasteiger partial charge on any atom is 0.273 e. The van der Waals surface area contributed by atoms with Crippen LogP contribution in [0.1, 0.15) is 34.3 Å². The summed E-state index contributed by atoms with van der Waals surface area (Å²) in [7, 11) is 0. The molecule has 1 aromatic carbocycles. The first kappa shape index (κ1) is 20.5. The van der Waals surface area contributed by atoms with Gasteiger partial charge < -0.3 is 4.90 Å². The lowest BCUT2D eigenvalue weighted by molar-refractivity contribution is 0.0708. The highest BCUT2D eigenvalue weighted by molar-refractivity contribution is 9.10. The van der Waals surface area contributed by atoms with Crippen molar-refractivity contribution in [1.82, 2.24) is 19.9 Å². The molecule has 0 atom stereocenters. The first-order valence-electron chi connectivity index (χ1n) is 10.0. The molecule has 3 aromatic heterocycles. The Kier molecular flexibility index (Phi) is 5.93. The molecule has 0 saturated carbocycles. The molecule has 0 radical (unpaired) electrons. The highest BCUT2D eigenvalue weighted by Crippen LogP contribution is 2.34. The largest absolute Gasteiger partial charge is 0.337 e. The van der Waals surface area contributed by atoms with Crippen LogP contribution in [0.5, 0.6) is 0 Å². The summed E-state index contributed by atoms with van der Waals surface area (Å²) in [5.41, 5.74) is 3.66. The van der Waals surface area contributed by atoms with Crippen LogP contribution in [-0.4, -0.2) is 38.8 Å². The standard InChI is InChI=1S/C23H19BrN4OS2/c24-18-3-1-2-17(12-18)19-13-30-22(26-19)16-6-10-28(11-7-16)23(29)20-14-31-21(27-20)15-4-8-25-9-5-15/h1-5,8-9,12-14,16H,6-7,10-11H2. The molecule has 1 amide bonds. The molecule has 4 heterocycles. The van der Waals surface area contributed by atoms with Gasteiger partial charge in [0.15, 0.2) is 0 Å². The molecule has 1 aliphatic heterocycles. The summed E-state index contributed by atoms with van der Waals surface area (Å²) in [6, 6.07) is 12.0. The Morgan fingerprint density at radius 3 is 2.58 bits per heavy atom. The first-order chi connectivity index (χ1) is 15.2. The van der Waals surface area contributed by atoms with E-state index in [9.17, 15) is 4.79 Å². The normalized spacial score (nSPS) is 14.7. The molecule has 0 N–H and O–H groups in total. The van der Waals surface area contributed by atoms with Crippen molar-refractivity contribution in [2.75, 3.05) is 13.1 Å². The third-order valence-electron chi connectivity index (χ3n) is 5.42. The minimum absolute atomic E-state index is 0.0176. The summed E-state index contributed by atoms with van der Waals surface area (Å²) < 4.78 is 1.06. The third kappa shape index (κ3) is 4.46. The van der Waals surface area contributed by atoms with Gasteiger partial charge in [0.25, 0.3) is 5.91 Å². The monoisotopic (exact) mass is 510 g/mol. The van der Waals surface area contributed by atoms with Crippen LogP contribution in [0.2, 0.25) is 0 Å². The van der Waals surface area contributed by atoms with E-state index in [1.807, 2.05) is 34.5 Å². The minimum Gasteiger partial charge on any atom is -0.337 e. The minimum atomic E-state index is 0.0176. The van der Waals surface area contributed by atoms with E-state index in [-0.39, 0.29) is 5.91 Å². The van der Waals surface area contributed by atoms with Gasteiger partial charge in [0.1, 0.15) is 10.7 Å². The highest BCUT2D eigenvalue weighted by atomic mass is 79.9. The van der Waals surface area contributed by atoms with Crippen LogP contribution in [0.3, 0.4) is 0 Å². The number of halogens is 1. The van der Waals surface area contributed by atoms with Crippen molar-refractivity contribution in [3.8, 4) is 21.8 Å². The second kappa shape index (κ2) is 8.98. The number of carbonyl (C=O) groups is 1. The average molecular weight is 511 g/mol. The van der Waals surface area contributed by atoms with Crippen LogP contribution in [0, 0.1) is 0 Å². The number of hydrogen-bond donors (Lipinski definition) is 0. The van der Waals surface area contributed by atoms with Crippen LogP contribution in [0.15, 0.2) is 64.0 Å². The van der Waals surface area contributed by atoms with Crippen molar-refractivity contribution in [1.29, 1.82) is 0 Å². The number of thiazole rings is 2. The van der Waals surface area contributed by atoms with Crippen LogP contribution in [0.4, 0.5) is 0 Å². The highest BCUT2D eigenvalue weighted by Gasteiger charge is 2.27. The first-order valence-corrected chi connectivity index (χ1v) is 12.6. The lowest BCUT2D eigenvalue weighted by Gasteiger charge is -2.30. The third-order valence-corrected chi connectivity index (χ3v) is 7.82. The van der Waals surface area contributed by atoms with Crippen LogP contribution in [0.25, 0.3) is 21.8 Å². The van der Waals surface area contributed by atoms with E-state index in [0.29, 0.717) is 11.6 Å². The number of hydrogen-bond acceptors (Lipinski definition) is 6. The van der Waals surface area contributed by atoms with Gasteiger partial charge >= 0.3 is 0 Å². The van der Waals surface area contributed by atoms with E-state index in [2.05, 4.69) is 43.4 Å². The zero-order valence-corrected chi connectivity index (χ0v) is 19.8. The molecule has 4 aromatic rings. The average Bonchev–Trinajstić information content (AvgIpc) is 3.50. The van der Waals surface area contributed by atoms with Crippen molar-refractivity contribution in [2.45, 2.75) is 18.8 Å². The van der Waals surface area contributed by atoms with Gasteiger partial charge in [0.05, 0.1) is 10.7 Å². The second-order valence-corrected chi connectivity index (χ2v) is 10.1. The van der Waals surface area contributed by atoms with Gasteiger partial charge in [-0.2, -0.15) is 0 Å². The van der Waals surface area contributed by atoms with Crippen molar-refractivity contribution < 1.29 is 4.79 Å². The Labute approximate surface area is 197 Å². The fourth-order valence-corrected chi connectivity index (χ4v) is 5.95. The van der Waals surface area contributed by atoms with Crippen molar-refractivity contribution in [3.63, 3.8) is 0 Å². The fraction of sp³-hybridized carbons (Fsp3) is 0.217. The number of aromatic nitrogens is 3. The summed E-state index contributed by atoms with van der Waals surface area (Å²) in [6.07, 6.45) is 5.34. The van der Waals surface area contributed by atoms with Gasteiger partial charge in [-0.25, -0.2) is 9.97 Å². The van der Waals surface area contributed by atoms with E-state index >= 15 is 0 Å². The van der Waals surface area contributed by atoms with Gasteiger partial charge in [-0.05, 0) is 37.1 Å². The lowest BCUT2D eigenvalue weighted by atomic mass is 9.97. The van der Waals surface area contributed by atoms with Gasteiger partial charge in [-0.3, -0.25) is 9.78 Å². The predicted molar refractivity (Wildman–Crippen MR) is 128 cm³/mol. The number of benzene rings is 1. The Balaban J connectivity index is 1.23. The lowest BCUT2D eigenvalue weighted by Crippen LogP contribution is -2.38. The Bertz CT molecular complexity index is 1200. The van der Waals surface area contributed by atoms with Gasteiger partial charge in [-0.1, -0.05) is 28.1 Å². The van der Waals surface area contributed by atoms with Gasteiger partial charge in [0, 0.05) is 57.8 Å². The number of likely N-dealkylation sites (tertiary alicyclic amines) is 1. The quantitative estimate of drug-likeness (QED) is 0.332. The zero-order valence-electron chi connectivity index (χ0n) is 16.6. The Morgan fingerprint density at radius 1 is 1.00 bits per heavy atom. The molecule has 156 valence electrons. The fourth-order valence-electron chi connectivity index (χ4n) is 3.75. The summed E-state index contributed by atoms with van der Waals surface area (Å²) in [6.45, 7) is 1.47. The van der Waals surface area contributed by atoms with Crippen LogP contribution in [-0.2, 0) is 0 Å². The molecule has 1 fully saturated rings. The van der Waals surface area contributed by atoms with E-state index in [0.717, 1.165) is 57.2 Å². The molecule has 8 heteroatoms. The van der Waals surface area contributed by atoms with Crippen LogP contribution >= 0.6 is 38.6 Å². The van der Waals surface area contributed by atoms with Crippen LogP contribution < -0.4 is 0 Å². The Morgan fingerprint density at radius 2 is 1.81 bits per heavy atom. The molecular weight excluding hydrogens is 492 g/mol. The molecule has 31 heavy (non-hydrogen) atoms. The predicted octanol–water partition coefficient (Wildman–Crippen LogP) is 6.11. The number of nitrogens with zero attached hydrogens (tertiary/aromatic N) is 4. The molecule has 0 spiro atoms. The summed E-state index contributed by atoms with van der Waals surface area (Å²) in [5.74, 6) is 0.418. The zero-order chi connectivity index (χ0) is 21.2. The van der Waals surface area contributed by atoms with E-state index in [4.69, 9.17) is 4.98 Å². The van der Waals surface area contributed by atoms with Crippen molar-refractivity contribution in [3.05, 3.63) is 74.7 Å². The van der Waals surface area contributed by atoms with Crippen molar-refractivity contribution >= 4 is 44.5 Å². The SMILES string of the molecule is O=C(c1csc(-c2ccncc2)n1)N1CCC(c2nc(-c3cccc(Br)c3)cs2)CC1. The van der Waals surface area contributed by atoms with E-state index in [1.165, 1.54) is 11.3 Å². The molecule has 1 aliphatic rings. The molecule has 0 bridgehead atoms. The number of pyridine rings is 1. The topological polar surface area (TPSA) is 59.0 Å². The number of carbonyl (C=O) groups excluding carboxylic acids is 1. The smallest absolute Gasteiger partial charge is 0.273 e. The van der Waals surface area contributed by atoms with Gasteiger partial charge in [0.2, 0.25) is 0 Å². The number of rotatable bonds is 4. The molecule has 0 unspecified atom stereocenters. The molecule has 0 aliphatic carbocycles. The summed E-state index contributed by atoms with van der Waals surface area (Å²) in [4.78, 5) is 28.4. The van der Waals surface area contributed by atoms with E-state index in [1.54, 1.807) is 23.7 Å². The number of piperidine rings is 1. The van der Waals surface area contributed by atoms with Crippen molar-refractivity contribution in [2.24, 2.45) is 0 Å². The molecule has 5 nitrogen and oxygen atoms in total. The van der Waals surface area contributed by atoms with Gasteiger partial charge in [-0.15, -0.1) is 22.7 Å². The second-order valence-electron chi connectivity index (χ2n) is 7.42. The Hall–Kier alpha value is -2.42. The molecule has 5 rings (SSSR count). The number of amides is 1. The summed E-state index contributed by atoms with van der Waals surface area (Å²) >= 11 is 6.74.